The molecule has 1 N–H and O–H groups in total. The fourth-order valence-corrected chi connectivity index (χ4v) is 9.22. The van der Waals surface area contributed by atoms with Crippen LogP contribution in [0.25, 0.3) is 0 Å². The van der Waals surface area contributed by atoms with Crippen molar-refractivity contribution in [2.75, 3.05) is 26.3 Å². The third kappa shape index (κ3) is 31.2. The molecule has 0 radical (unpaired) electrons. The van der Waals surface area contributed by atoms with Gasteiger partial charge in [0.25, 0.3) is 0 Å². The number of rotatable bonds is 44. The molecule has 8 heteroatoms. The smallest absolute Gasteiger partial charge is 0.323 e. The van der Waals surface area contributed by atoms with Gasteiger partial charge in [-0.15, -0.1) is 0 Å². The van der Waals surface area contributed by atoms with Crippen LogP contribution in [0, 0.1) is 11.3 Å². The first-order valence-electron chi connectivity index (χ1n) is 27.0. The maximum Gasteiger partial charge on any atom is 0.323 e. The summed E-state index contributed by atoms with van der Waals surface area (Å²) in [7, 11) is 0. The molecular formula is C54H103NO7. The summed E-state index contributed by atoms with van der Waals surface area (Å²) >= 11 is 0. The second-order valence-electron chi connectivity index (χ2n) is 20.0. The number of hydrogen-bond acceptors (Lipinski definition) is 8. The molecule has 0 amide bonds. The Labute approximate surface area is 383 Å². The van der Waals surface area contributed by atoms with Gasteiger partial charge in [-0.1, -0.05) is 182 Å². The molecule has 0 spiro atoms. The third-order valence-electron chi connectivity index (χ3n) is 13.5. The van der Waals surface area contributed by atoms with Crippen molar-refractivity contribution in [1.82, 2.24) is 4.90 Å². The first kappa shape index (κ1) is 58.3. The van der Waals surface area contributed by atoms with Crippen molar-refractivity contribution in [3.63, 3.8) is 0 Å². The van der Waals surface area contributed by atoms with Crippen molar-refractivity contribution in [2.24, 2.45) is 11.3 Å². The highest BCUT2D eigenvalue weighted by Gasteiger charge is 2.36. The lowest BCUT2D eigenvalue weighted by Gasteiger charge is -2.24. The van der Waals surface area contributed by atoms with Gasteiger partial charge < -0.3 is 19.3 Å². The van der Waals surface area contributed by atoms with Crippen LogP contribution in [-0.2, 0) is 28.6 Å². The molecule has 1 aliphatic rings. The van der Waals surface area contributed by atoms with Crippen LogP contribution in [0.1, 0.15) is 273 Å². The topological polar surface area (TPSA) is 102 Å². The van der Waals surface area contributed by atoms with Crippen LogP contribution in [0.2, 0.25) is 0 Å². The number of β-amino-alcohol motifs (C(OH)–C–C–N with tert-alkyl or cyclic N) is 1. The summed E-state index contributed by atoms with van der Waals surface area (Å²) < 4.78 is 17.5. The van der Waals surface area contributed by atoms with Gasteiger partial charge in [0.15, 0.2) is 0 Å². The van der Waals surface area contributed by atoms with Crippen molar-refractivity contribution in [3.05, 3.63) is 0 Å². The normalized spacial score (nSPS) is 15.8. The van der Waals surface area contributed by atoms with Gasteiger partial charge >= 0.3 is 17.9 Å². The summed E-state index contributed by atoms with van der Waals surface area (Å²) in [6.07, 6.45) is 39.6. The zero-order valence-electron chi connectivity index (χ0n) is 41.9. The Morgan fingerprint density at radius 3 is 1.65 bits per heavy atom. The van der Waals surface area contributed by atoms with E-state index in [1.807, 2.05) is 13.8 Å². The minimum Gasteiger partial charge on any atom is -0.465 e. The molecule has 0 bridgehead atoms. The minimum atomic E-state index is -0.500. The minimum absolute atomic E-state index is 0.0369. The van der Waals surface area contributed by atoms with Crippen LogP contribution in [0.5, 0.6) is 0 Å². The van der Waals surface area contributed by atoms with Gasteiger partial charge in [0.1, 0.15) is 12.1 Å². The summed E-state index contributed by atoms with van der Waals surface area (Å²) in [5.41, 5.74) is -0.480. The average Bonchev–Trinajstić information content (AvgIpc) is 3.63. The van der Waals surface area contributed by atoms with E-state index in [9.17, 15) is 19.5 Å². The van der Waals surface area contributed by atoms with Crippen LogP contribution < -0.4 is 0 Å². The summed E-state index contributed by atoms with van der Waals surface area (Å²) in [5.74, 6) is 0.435. The van der Waals surface area contributed by atoms with Crippen LogP contribution in [0.4, 0.5) is 0 Å². The van der Waals surface area contributed by atoms with Gasteiger partial charge in [0, 0.05) is 19.4 Å². The number of esters is 3. The monoisotopic (exact) mass is 878 g/mol. The van der Waals surface area contributed by atoms with E-state index in [-0.39, 0.29) is 30.1 Å². The molecule has 1 fully saturated rings. The molecule has 1 saturated heterocycles. The van der Waals surface area contributed by atoms with Crippen molar-refractivity contribution < 1.29 is 33.7 Å². The average molecular weight is 878 g/mol. The first-order chi connectivity index (χ1) is 30.1. The van der Waals surface area contributed by atoms with Gasteiger partial charge in [0.2, 0.25) is 0 Å². The molecule has 0 aromatic carbocycles. The highest BCUT2D eigenvalue weighted by Crippen LogP contribution is 2.28. The molecule has 1 heterocycles. The predicted octanol–water partition coefficient (Wildman–Crippen LogP) is 14.8. The number of ether oxygens (including phenoxy) is 3. The Hall–Kier alpha value is -1.67. The van der Waals surface area contributed by atoms with Crippen LogP contribution >= 0.6 is 0 Å². The summed E-state index contributed by atoms with van der Waals surface area (Å²) in [4.78, 5) is 40.8. The first-order valence-corrected chi connectivity index (χ1v) is 27.0. The standard InChI is InChI=1S/C54H103NO7/c1-7-11-15-17-20-28-38-49(39-29-21-18-16-12-8-2)62-51(57)40-30-22-19-25-33-43-60-52(58)50-45-48(56)46-55(50)42-32-24-23-31-41-54(5,6)53(59)61-44-34-37-47(35-26-13-9-3)36-27-14-10-4/h47-50,56H,7-46H2,1-6H3. The zero-order valence-corrected chi connectivity index (χ0v) is 41.9. The predicted molar refractivity (Wildman–Crippen MR) is 259 cm³/mol. The molecule has 8 nitrogen and oxygen atoms in total. The fourth-order valence-electron chi connectivity index (χ4n) is 9.22. The highest BCUT2D eigenvalue weighted by molar-refractivity contribution is 5.76. The summed E-state index contributed by atoms with van der Waals surface area (Å²) in [5, 5.41) is 10.4. The Kier molecular flexibility index (Phi) is 37.3. The molecule has 0 aromatic rings. The highest BCUT2D eigenvalue weighted by atomic mass is 16.5. The quantitative estimate of drug-likeness (QED) is 0.0367. The molecule has 62 heavy (non-hydrogen) atoms. The number of nitrogens with zero attached hydrogens (tertiary/aromatic N) is 1. The van der Waals surface area contributed by atoms with Gasteiger partial charge in [-0.3, -0.25) is 19.3 Å². The van der Waals surface area contributed by atoms with Crippen molar-refractivity contribution in [2.45, 2.75) is 291 Å². The molecule has 2 unspecified atom stereocenters. The second-order valence-corrected chi connectivity index (χ2v) is 20.0. The third-order valence-corrected chi connectivity index (χ3v) is 13.5. The van der Waals surface area contributed by atoms with E-state index in [0.717, 1.165) is 115 Å². The molecular weight excluding hydrogens is 775 g/mol. The summed E-state index contributed by atoms with van der Waals surface area (Å²) in [6.45, 7) is 15.3. The van der Waals surface area contributed by atoms with E-state index in [1.54, 1.807) is 0 Å². The summed E-state index contributed by atoms with van der Waals surface area (Å²) in [6, 6.07) is -0.376. The number of carbonyl (C=O) groups is 3. The number of aliphatic hydroxyl groups excluding tert-OH is 1. The van der Waals surface area contributed by atoms with E-state index < -0.39 is 11.5 Å². The number of carbonyl (C=O) groups excluding carboxylic acids is 3. The molecule has 1 aliphatic heterocycles. The van der Waals surface area contributed by atoms with Crippen molar-refractivity contribution in [1.29, 1.82) is 0 Å². The van der Waals surface area contributed by atoms with Gasteiger partial charge in [-0.25, -0.2) is 0 Å². The zero-order chi connectivity index (χ0) is 45.5. The number of likely N-dealkylation sites (tertiary alicyclic amines) is 1. The molecule has 2 atom stereocenters. The Morgan fingerprint density at radius 1 is 0.565 bits per heavy atom. The molecule has 366 valence electrons. The number of unbranched alkanes of at least 4 members (excludes halogenated alkanes) is 21. The lowest BCUT2D eigenvalue weighted by atomic mass is 9.87. The molecule has 1 rings (SSSR count). The largest absolute Gasteiger partial charge is 0.465 e. The SMILES string of the molecule is CCCCCCCCC(CCCCCCCC)OC(=O)CCCCCCCOC(=O)C1CC(O)CN1CCCCCCC(C)(C)C(=O)OCCCC(CCCCC)CCCCC. The van der Waals surface area contributed by atoms with Gasteiger partial charge in [-0.2, -0.15) is 0 Å². The van der Waals surface area contributed by atoms with Crippen molar-refractivity contribution in [3.8, 4) is 0 Å². The maximum atomic E-state index is 13.0. The van der Waals surface area contributed by atoms with Gasteiger partial charge in [-0.05, 0) is 90.5 Å². The van der Waals surface area contributed by atoms with Gasteiger partial charge in [0.05, 0.1) is 24.7 Å². The molecule has 0 aromatic heterocycles. The maximum absolute atomic E-state index is 13.0. The number of hydrogen-bond donors (Lipinski definition) is 1. The Bertz CT molecular complexity index is 1040. The van der Waals surface area contributed by atoms with Crippen LogP contribution in [0.15, 0.2) is 0 Å². The van der Waals surface area contributed by atoms with E-state index >= 15 is 0 Å². The van der Waals surface area contributed by atoms with E-state index in [1.165, 1.54) is 116 Å². The molecule has 0 aliphatic carbocycles. The van der Waals surface area contributed by atoms with E-state index in [0.29, 0.717) is 32.6 Å². The second kappa shape index (κ2) is 39.7. The van der Waals surface area contributed by atoms with E-state index in [4.69, 9.17) is 14.2 Å². The Balaban J connectivity index is 2.24. The van der Waals surface area contributed by atoms with Crippen molar-refractivity contribution >= 4 is 17.9 Å². The Morgan fingerprint density at radius 2 is 1.03 bits per heavy atom. The molecule has 0 saturated carbocycles. The lowest BCUT2D eigenvalue weighted by molar-refractivity contribution is -0.154. The van der Waals surface area contributed by atoms with Crippen LogP contribution in [0.3, 0.4) is 0 Å². The number of aliphatic hydroxyl groups is 1. The van der Waals surface area contributed by atoms with E-state index in [2.05, 4.69) is 32.6 Å². The van der Waals surface area contributed by atoms with Crippen LogP contribution in [-0.4, -0.2) is 72.5 Å². The lowest BCUT2D eigenvalue weighted by Crippen LogP contribution is -2.38. The fraction of sp³-hybridized carbons (Fsp3) is 0.944.